The number of alkyl halides is 1. The first-order valence-electron chi connectivity index (χ1n) is 9.55. The van der Waals surface area contributed by atoms with Crippen LogP contribution in [0.25, 0.3) is 0 Å². The first-order valence-corrected chi connectivity index (χ1v) is 10.1. The van der Waals surface area contributed by atoms with Crippen LogP contribution in [-0.4, -0.2) is 34.7 Å². The maximum absolute atomic E-state index is 12.6. The standard InChI is InChI=1S/C12H10ClFN2O2.C9H8O2.C2H6/c1-8(3-2-4-9(14)7-13)5-6-10-11(17)16-12(18)15-10;10-7-3-1-6-2-4-9(11)8(6)5-7;1-2/h2-4,10H,1,7H2,(H2,15,16,17,18);1,3,5,10H,2,4H2;1-2H3/b3-2-,9-4+;;. The molecule has 1 atom stereocenters. The molecule has 0 spiro atoms. The third-order valence-electron chi connectivity index (χ3n) is 3.87. The summed E-state index contributed by atoms with van der Waals surface area (Å²) in [7, 11) is 0. The summed E-state index contributed by atoms with van der Waals surface area (Å²) in [4.78, 5) is 33.0. The second-order valence-electron chi connectivity index (χ2n) is 6.06. The van der Waals surface area contributed by atoms with Gasteiger partial charge in [0, 0.05) is 17.6 Å². The number of phenolic OH excluding ortho intramolecular Hbond substituents is 1. The minimum Gasteiger partial charge on any atom is -0.508 e. The number of fused-ring (bicyclic) bond motifs is 1. The number of nitrogens with one attached hydrogen (secondary N) is 2. The Morgan fingerprint density at radius 3 is 2.65 bits per heavy atom. The van der Waals surface area contributed by atoms with Crippen molar-refractivity contribution in [3.63, 3.8) is 0 Å². The van der Waals surface area contributed by atoms with Crippen molar-refractivity contribution in [2.45, 2.75) is 32.7 Å². The van der Waals surface area contributed by atoms with Crippen LogP contribution < -0.4 is 10.6 Å². The Hall–Kier alpha value is -3.37. The van der Waals surface area contributed by atoms with Gasteiger partial charge in [-0.05, 0) is 36.3 Å². The third-order valence-corrected chi connectivity index (χ3v) is 4.12. The quantitative estimate of drug-likeness (QED) is 0.283. The number of aromatic hydroxyl groups is 1. The molecule has 1 unspecified atom stereocenters. The van der Waals surface area contributed by atoms with E-state index in [9.17, 15) is 18.8 Å². The van der Waals surface area contributed by atoms with Crippen molar-refractivity contribution in [1.82, 2.24) is 10.6 Å². The molecule has 8 heteroatoms. The van der Waals surface area contributed by atoms with Crippen molar-refractivity contribution in [3.05, 3.63) is 65.5 Å². The Morgan fingerprint density at radius 2 is 2.03 bits per heavy atom. The zero-order valence-electron chi connectivity index (χ0n) is 17.3. The average Bonchev–Trinajstić information content (AvgIpc) is 3.29. The molecule has 164 valence electrons. The number of imide groups is 1. The molecule has 1 fully saturated rings. The Bertz CT molecular complexity index is 974. The largest absolute Gasteiger partial charge is 0.508 e. The molecule has 6 nitrogen and oxygen atoms in total. The van der Waals surface area contributed by atoms with Gasteiger partial charge in [0.2, 0.25) is 0 Å². The van der Waals surface area contributed by atoms with Crippen LogP contribution in [-0.2, 0) is 11.2 Å². The van der Waals surface area contributed by atoms with Crippen LogP contribution in [0.4, 0.5) is 9.18 Å². The molecule has 1 aromatic rings. The van der Waals surface area contributed by atoms with Crippen molar-refractivity contribution < 1.29 is 23.9 Å². The van der Waals surface area contributed by atoms with Crippen LogP contribution in [0.15, 0.2) is 54.4 Å². The lowest BCUT2D eigenvalue weighted by atomic mass is 10.1. The second kappa shape index (κ2) is 13.0. The lowest BCUT2D eigenvalue weighted by Gasteiger charge is -1.96. The van der Waals surface area contributed by atoms with Crippen LogP contribution in [0.1, 0.15) is 36.2 Å². The highest BCUT2D eigenvalue weighted by molar-refractivity contribution is 6.19. The van der Waals surface area contributed by atoms with E-state index in [1.165, 1.54) is 18.2 Å². The summed E-state index contributed by atoms with van der Waals surface area (Å²) in [6, 6.07) is 3.53. The molecule has 1 aromatic carbocycles. The number of hydrogen-bond acceptors (Lipinski definition) is 4. The van der Waals surface area contributed by atoms with E-state index in [4.69, 9.17) is 16.7 Å². The lowest BCUT2D eigenvalue weighted by Crippen LogP contribution is -2.26. The Balaban J connectivity index is 0.000000313. The van der Waals surface area contributed by atoms with Crippen LogP contribution in [0, 0.1) is 11.8 Å². The first-order chi connectivity index (χ1) is 14.8. The second-order valence-corrected chi connectivity index (χ2v) is 6.33. The summed E-state index contributed by atoms with van der Waals surface area (Å²) < 4.78 is 12.6. The van der Waals surface area contributed by atoms with E-state index >= 15 is 0 Å². The molecule has 0 saturated carbocycles. The molecule has 0 radical (unpaired) electrons. The van der Waals surface area contributed by atoms with Gasteiger partial charge in [0.15, 0.2) is 11.8 Å². The zero-order chi connectivity index (χ0) is 23.4. The number of phenols is 1. The van der Waals surface area contributed by atoms with Crippen LogP contribution in [0.3, 0.4) is 0 Å². The predicted octanol–water partition coefficient (Wildman–Crippen LogP) is 3.95. The van der Waals surface area contributed by atoms with Crippen molar-refractivity contribution in [2.24, 2.45) is 0 Å². The number of aryl methyl sites for hydroxylation is 1. The fourth-order valence-electron chi connectivity index (χ4n) is 2.46. The SMILES string of the molecule is C=C(C#CC1NC(=O)NC1=O)/C=C\C=C(\F)CCl.CC.O=C1CCc2ccc(O)cc21. The van der Waals surface area contributed by atoms with E-state index in [1.807, 2.05) is 25.2 Å². The summed E-state index contributed by atoms with van der Waals surface area (Å²) in [5.41, 5.74) is 2.14. The van der Waals surface area contributed by atoms with E-state index in [-0.39, 0.29) is 17.4 Å². The normalized spacial score (nSPS) is 16.7. The number of hydrogen-bond donors (Lipinski definition) is 3. The minimum absolute atomic E-state index is 0.149. The molecule has 1 saturated heterocycles. The smallest absolute Gasteiger partial charge is 0.322 e. The number of urea groups is 1. The summed E-state index contributed by atoms with van der Waals surface area (Å²) >= 11 is 5.23. The van der Waals surface area contributed by atoms with Gasteiger partial charge in [-0.1, -0.05) is 44.4 Å². The number of halogens is 2. The number of Topliss-reactive ketones (excluding diaryl/α,β-unsaturated/α-hetero) is 1. The summed E-state index contributed by atoms with van der Waals surface area (Å²) in [6.45, 7) is 7.59. The van der Waals surface area contributed by atoms with E-state index in [1.54, 1.807) is 12.1 Å². The number of allylic oxidation sites excluding steroid dienone is 5. The summed E-state index contributed by atoms with van der Waals surface area (Å²) in [6.07, 6.45) is 5.48. The maximum atomic E-state index is 12.6. The van der Waals surface area contributed by atoms with Crippen molar-refractivity contribution in [1.29, 1.82) is 0 Å². The van der Waals surface area contributed by atoms with Crippen molar-refractivity contribution >= 4 is 29.3 Å². The fraction of sp³-hybridized carbons (Fsp3) is 0.261. The molecular weight excluding hydrogens is 423 g/mol. The van der Waals surface area contributed by atoms with E-state index in [0.29, 0.717) is 17.6 Å². The highest BCUT2D eigenvalue weighted by Crippen LogP contribution is 2.25. The Kier molecular flexibility index (Phi) is 10.8. The van der Waals surface area contributed by atoms with E-state index < -0.39 is 23.8 Å². The molecule has 1 aliphatic carbocycles. The van der Waals surface area contributed by atoms with Gasteiger partial charge in [-0.15, -0.1) is 11.6 Å². The van der Waals surface area contributed by atoms with E-state index in [0.717, 1.165) is 12.0 Å². The monoisotopic (exact) mass is 446 g/mol. The van der Waals surface area contributed by atoms with Gasteiger partial charge in [0.05, 0.1) is 5.88 Å². The maximum Gasteiger partial charge on any atom is 0.322 e. The lowest BCUT2D eigenvalue weighted by molar-refractivity contribution is -0.119. The number of carbonyl (C=O) groups excluding carboxylic acids is 3. The Morgan fingerprint density at radius 1 is 1.32 bits per heavy atom. The van der Waals surface area contributed by atoms with Gasteiger partial charge in [-0.3, -0.25) is 14.9 Å². The topological polar surface area (TPSA) is 95.5 Å². The zero-order valence-corrected chi connectivity index (χ0v) is 18.1. The average molecular weight is 447 g/mol. The summed E-state index contributed by atoms with van der Waals surface area (Å²) in [5, 5.41) is 13.4. The molecular formula is C23H24ClFN2O4. The number of carbonyl (C=O) groups is 3. The van der Waals surface area contributed by atoms with Gasteiger partial charge in [-0.25, -0.2) is 9.18 Å². The van der Waals surface area contributed by atoms with Gasteiger partial charge in [0.25, 0.3) is 5.91 Å². The first kappa shape index (κ1) is 25.7. The van der Waals surface area contributed by atoms with Gasteiger partial charge < -0.3 is 10.4 Å². The van der Waals surface area contributed by atoms with Crippen LogP contribution in [0.5, 0.6) is 5.75 Å². The predicted molar refractivity (Wildman–Crippen MR) is 119 cm³/mol. The number of amides is 3. The molecule has 2 aliphatic rings. The molecule has 1 heterocycles. The molecule has 3 rings (SSSR count). The Labute approximate surface area is 185 Å². The van der Waals surface area contributed by atoms with Crippen molar-refractivity contribution in [3.8, 4) is 17.6 Å². The number of rotatable bonds is 3. The fourth-order valence-corrected chi connectivity index (χ4v) is 2.55. The minimum atomic E-state index is -0.877. The third kappa shape index (κ3) is 8.49. The highest BCUT2D eigenvalue weighted by atomic mass is 35.5. The highest BCUT2D eigenvalue weighted by Gasteiger charge is 2.27. The van der Waals surface area contributed by atoms with Gasteiger partial charge >= 0.3 is 6.03 Å². The molecule has 1 aliphatic heterocycles. The van der Waals surface area contributed by atoms with Crippen molar-refractivity contribution in [2.75, 3.05) is 5.88 Å². The molecule has 0 bridgehead atoms. The van der Waals surface area contributed by atoms with E-state index in [2.05, 4.69) is 23.7 Å². The summed E-state index contributed by atoms with van der Waals surface area (Å²) in [5.74, 6) is 4.26. The molecule has 3 N–H and O–H groups in total. The molecule has 3 amide bonds. The molecule has 0 aromatic heterocycles. The van der Waals surface area contributed by atoms with Gasteiger partial charge in [-0.2, -0.15) is 0 Å². The number of ketones is 1. The molecule has 31 heavy (non-hydrogen) atoms. The number of benzene rings is 1. The van der Waals surface area contributed by atoms with Crippen LogP contribution >= 0.6 is 11.6 Å². The van der Waals surface area contributed by atoms with Crippen LogP contribution in [0.2, 0.25) is 0 Å². The van der Waals surface area contributed by atoms with Gasteiger partial charge in [0.1, 0.15) is 11.6 Å².